The zero-order valence-electron chi connectivity index (χ0n) is 8.51. The van der Waals surface area contributed by atoms with Gasteiger partial charge in [0.25, 0.3) is 0 Å². The Morgan fingerprint density at radius 2 is 2.21 bits per heavy atom. The molecule has 0 radical (unpaired) electrons. The molecule has 0 aliphatic rings. The van der Waals surface area contributed by atoms with E-state index in [2.05, 4.69) is 15.4 Å². The SMILES string of the molecule is CC(C)C(CC(=O)O)c1nnn(C)n1. The molecule has 0 aliphatic heterocycles. The van der Waals surface area contributed by atoms with Gasteiger partial charge in [0.2, 0.25) is 0 Å². The Labute approximate surface area is 81.9 Å². The number of aryl methyl sites for hydroxylation is 1. The molecule has 0 amide bonds. The predicted octanol–water partition coefficient (Wildman–Crippen LogP) is 0.424. The lowest BCUT2D eigenvalue weighted by atomic mass is 9.92. The molecule has 0 saturated carbocycles. The summed E-state index contributed by atoms with van der Waals surface area (Å²) in [7, 11) is 1.66. The molecule has 0 spiro atoms. The van der Waals surface area contributed by atoms with Crippen molar-refractivity contribution >= 4 is 5.97 Å². The third-order valence-electron chi connectivity index (χ3n) is 2.05. The largest absolute Gasteiger partial charge is 0.481 e. The van der Waals surface area contributed by atoms with Crippen molar-refractivity contribution in [3.05, 3.63) is 5.82 Å². The summed E-state index contributed by atoms with van der Waals surface area (Å²) in [5, 5.41) is 20.3. The standard InChI is InChI=1S/C8H14N4O2/c1-5(2)6(4-7(13)14)8-9-11-12(3)10-8/h5-6H,4H2,1-3H3,(H,13,14). The Kier molecular flexibility index (Phi) is 3.16. The normalized spacial score (nSPS) is 13.1. The first-order chi connectivity index (χ1) is 6.50. The molecule has 6 nitrogen and oxygen atoms in total. The second-order valence-corrected chi connectivity index (χ2v) is 3.59. The molecular formula is C8H14N4O2. The first kappa shape index (κ1) is 10.6. The minimum Gasteiger partial charge on any atom is -0.481 e. The molecule has 0 fully saturated rings. The number of tetrazole rings is 1. The van der Waals surface area contributed by atoms with Crippen molar-refractivity contribution in [3.63, 3.8) is 0 Å². The molecular weight excluding hydrogens is 184 g/mol. The number of carboxylic acids is 1. The van der Waals surface area contributed by atoms with E-state index in [9.17, 15) is 4.79 Å². The van der Waals surface area contributed by atoms with Gasteiger partial charge in [-0.05, 0) is 11.1 Å². The first-order valence-electron chi connectivity index (χ1n) is 4.46. The van der Waals surface area contributed by atoms with Gasteiger partial charge in [-0.25, -0.2) is 0 Å². The Balaban J connectivity index is 2.82. The lowest BCUT2D eigenvalue weighted by Gasteiger charge is -2.13. The highest BCUT2D eigenvalue weighted by molar-refractivity contribution is 5.67. The number of hydrogen-bond donors (Lipinski definition) is 1. The number of carbonyl (C=O) groups is 1. The van der Waals surface area contributed by atoms with Gasteiger partial charge in [-0.3, -0.25) is 4.79 Å². The summed E-state index contributed by atoms with van der Waals surface area (Å²) in [5.74, 6) is -0.308. The molecule has 0 aromatic carbocycles. The second-order valence-electron chi connectivity index (χ2n) is 3.59. The minimum absolute atomic E-state index is 0.0450. The number of rotatable bonds is 4. The Morgan fingerprint density at radius 3 is 2.57 bits per heavy atom. The van der Waals surface area contributed by atoms with Gasteiger partial charge in [0.1, 0.15) is 0 Å². The number of nitrogens with zero attached hydrogens (tertiary/aromatic N) is 4. The predicted molar refractivity (Wildman–Crippen MR) is 48.6 cm³/mol. The van der Waals surface area contributed by atoms with Gasteiger partial charge >= 0.3 is 5.97 Å². The molecule has 1 rings (SSSR count). The Bertz CT molecular complexity index is 321. The van der Waals surface area contributed by atoms with Crippen LogP contribution in [-0.2, 0) is 11.8 Å². The minimum atomic E-state index is -0.837. The van der Waals surface area contributed by atoms with Gasteiger partial charge in [-0.15, -0.1) is 10.2 Å². The van der Waals surface area contributed by atoms with Crippen LogP contribution in [0.15, 0.2) is 0 Å². The summed E-state index contributed by atoms with van der Waals surface area (Å²) in [6, 6.07) is 0. The van der Waals surface area contributed by atoms with Crippen LogP contribution in [0.3, 0.4) is 0 Å². The van der Waals surface area contributed by atoms with Crippen molar-refractivity contribution in [1.29, 1.82) is 0 Å². The summed E-state index contributed by atoms with van der Waals surface area (Å²) in [5.41, 5.74) is 0. The third kappa shape index (κ3) is 2.51. The van der Waals surface area contributed by atoms with Crippen molar-refractivity contribution in [2.24, 2.45) is 13.0 Å². The maximum absolute atomic E-state index is 10.6. The van der Waals surface area contributed by atoms with Crippen molar-refractivity contribution in [2.45, 2.75) is 26.2 Å². The molecule has 78 valence electrons. The van der Waals surface area contributed by atoms with Crippen LogP contribution < -0.4 is 0 Å². The number of aliphatic carboxylic acids is 1. The van der Waals surface area contributed by atoms with E-state index in [0.717, 1.165) is 0 Å². The van der Waals surface area contributed by atoms with Gasteiger partial charge in [0.15, 0.2) is 5.82 Å². The van der Waals surface area contributed by atoms with E-state index >= 15 is 0 Å². The fraction of sp³-hybridized carbons (Fsp3) is 0.750. The monoisotopic (exact) mass is 198 g/mol. The lowest BCUT2D eigenvalue weighted by Crippen LogP contribution is -2.14. The van der Waals surface area contributed by atoms with Gasteiger partial charge in [0, 0.05) is 5.92 Å². The lowest BCUT2D eigenvalue weighted by molar-refractivity contribution is -0.137. The average molecular weight is 198 g/mol. The highest BCUT2D eigenvalue weighted by Crippen LogP contribution is 2.24. The molecule has 0 aliphatic carbocycles. The van der Waals surface area contributed by atoms with Crippen LogP contribution in [0.5, 0.6) is 0 Å². The van der Waals surface area contributed by atoms with Gasteiger partial charge in [-0.1, -0.05) is 13.8 Å². The Hall–Kier alpha value is -1.46. The third-order valence-corrected chi connectivity index (χ3v) is 2.05. The molecule has 1 aromatic heterocycles. The van der Waals surface area contributed by atoms with E-state index in [1.165, 1.54) is 4.80 Å². The van der Waals surface area contributed by atoms with E-state index < -0.39 is 5.97 Å². The van der Waals surface area contributed by atoms with E-state index in [4.69, 9.17) is 5.11 Å². The van der Waals surface area contributed by atoms with Crippen LogP contribution in [0.4, 0.5) is 0 Å². The smallest absolute Gasteiger partial charge is 0.304 e. The maximum atomic E-state index is 10.6. The number of aromatic nitrogens is 4. The van der Waals surface area contributed by atoms with Crippen LogP contribution in [-0.4, -0.2) is 31.3 Å². The average Bonchev–Trinajstić information content (AvgIpc) is 2.46. The number of hydrogen-bond acceptors (Lipinski definition) is 4. The summed E-state index contributed by atoms with van der Waals surface area (Å²) >= 11 is 0. The van der Waals surface area contributed by atoms with Crippen molar-refractivity contribution < 1.29 is 9.90 Å². The highest BCUT2D eigenvalue weighted by Gasteiger charge is 2.23. The van der Waals surface area contributed by atoms with Crippen LogP contribution in [0.1, 0.15) is 32.0 Å². The quantitative estimate of drug-likeness (QED) is 0.758. The fourth-order valence-electron chi connectivity index (χ4n) is 1.26. The van der Waals surface area contributed by atoms with Crippen molar-refractivity contribution in [3.8, 4) is 0 Å². The summed E-state index contributed by atoms with van der Waals surface area (Å²) < 4.78 is 0. The first-order valence-corrected chi connectivity index (χ1v) is 4.46. The summed E-state index contributed by atoms with van der Waals surface area (Å²) in [6.45, 7) is 3.90. The maximum Gasteiger partial charge on any atom is 0.304 e. The van der Waals surface area contributed by atoms with E-state index in [1.54, 1.807) is 7.05 Å². The molecule has 1 heterocycles. The summed E-state index contributed by atoms with van der Waals surface area (Å²) in [6.07, 6.45) is 0.0450. The molecule has 0 bridgehead atoms. The zero-order chi connectivity index (χ0) is 10.7. The molecule has 0 saturated heterocycles. The van der Waals surface area contributed by atoms with Crippen LogP contribution in [0.2, 0.25) is 0 Å². The molecule has 1 N–H and O–H groups in total. The molecule has 14 heavy (non-hydrogen) atoms. The number of carboxylic acid groups (broad SMARTS) is 1. The van der Waals surface area contributed by atoms with E-state index in [-0.39, 0.29) is 18.3 Å². The van der Waals surface area contributed by atoms with Crippen LogP contribution in [0.25, 0.3) is 0 Å². The van der Waals surface area contributed by atoms with Gasteiger partial charge in [0.05, 0.1) is 13.5 Å². The molecule has 1 aromatic rings. The molecule has 1 atom stereocenters. The van der Waals surface area contributed by atoms with Crippen LogP contribution in [0, 0.1) is 5.92 Å². The Morgan fingerprint density at radius 1 is 1.57 bits per heavy atom. The summed E-state index contributed by atoms with van der Waals surface area (Å²) in [4.78, 5) is 12.0. The zero-order valence-corrected chi connectivity index (χ0v) is 8.51. The van der Waals surface area contributed by atoms with Crippen LogP contribution >= 0.6 is 0 Å². The highest BCUT2D eigenvalue weighted by atomic mass is 16.4. The topological polar surface area (TPSA) is 80.9 Å². The van der Waals surface area contributed by atoms with E-state index in [0.29, 0.717) is 5.82 Å². The second kappa shape index (κ2) is 4.17. The van der Waals surface area contributed by atoms with Gasteiger partial charge in [-0.2, -0.15) is 4.80 Å². The van der Waals surface area contributed by atoms with Gasteiger partial charge < -0.3 is 5.11 Å². The van der Waals surface area contributed by atoms with Crippen molar-refractivity contribution in [2.75, 3.05) is 0 Å². The fourth-order valence-corrected chi connectivity index (χ4v) is 1.26. The molecule has 1 unspecified atom stereocenters. The molecule has 6 heteroatoms. The van der Waals surface area contributed by atoms with Crippen molar-refractivity contribution in [1.82, 2.24) is 20.2 Å². The van der Waals surface area contributed by atoms with E-state index in [1.807, 2.05) is 13.8 Å².